The lowest BCUT2D eigenvalue weighted by molar-refractivity contribution is -0.387. The van der Waals surface area contributed by atoms with Crippen molar-refractivity contribution >= 4 is 33.3 Å². The standard InChI is InChI=1S/C20H20FN3O7S/c1-13(19(25)22-15-6-9-17(21)18(12-15)24(27)28)31-20(26)14-4-7-16(8-5-14)32(29,30)23-10-2-3-11-23/h4-9,12-13H,2-3,10-11H2,1H3,(H,22,25). The normalized spacial score (nSPS) is 15.2. The zero-order valence-electron chi connectivity index (χ0n) is 17.0. The topological polar surface area (TPSA) is 136 Å². The third-order valence-corrected chi connectivity index (χ3v) is 6.77. The van der Waals surface area contributed by atoms with Crippen molar-refractivity contribution in [3.05, 3.63) is 64.0 Å². The zero-order valence-corrected chi connectivity index (χ0v) is 17.8. The largest absolute Gasteiger partial charge is 0.449 e. The van der Waals surface area contributed by atoms with Gasteiger partial charge in [0.15, 0.2) is 6.10 Å². The first-order valence-corrected chi connectivity index (χ1v) is 11.1. The highest BCUT2D eigenvalue weighted by molar-refractivity contribution is 7.89. The van der Waals surface area contributed by atoms with Gasteiger partial charge in [-0.05, 0) is 56.2 Å². The van der Waals surface area contributed by atoms with Gasteiger partial charge in [0.1, 0.15) is 0 Å². The average molecular weight is 465 g/mol. The Labute approximate surface area is 183 Å². The maximum atomic E-state index is 13.4. The number of hydrogen-bond donors (Lipinski definition) is 1. The van der Waals surface area contributed by atoms with Crippen molar-refractivity contribution in [1.29, 1.82) is 0 Å². The van der Waals surface area contributed by atoms with Gasteiger partial charge in [0.25, 0.3) is 5.91 Å². The number of nitro benzene ring substituents is 1. The molecule has 0 aliphatic carbocycles. The SMILES string of the molecule is CC(OC(=O)c1ccc(S(=O)(=O)N2CCCC2)cc1)C(=O)Nc1ccc(F)c([N+](=O)[O-])c1. The number of benzene rings is 2. The first-order chi connectivity index (χ1) is 15.1. The molecule has 1 heterocycles. The summed E-state index contributed by atoms with van der Waals surface area (Å²) in [5.74, 6) is -2.70. The quantitative estimate of drug-likeness (QED) is 0.377. The Bertz CT molecular complexity index is 1150. The highest BCUT2D eigenvalue weighted by Gasteiger charge is 2.27. The van der Waals surface area contributed by atoms with Crippen LogP contribution in [0.4, 0.5) is 15.8 Å². The molecule has 0 radical (unpaired) electrons. The number of nitrogens with one attached hydrogen (secondary N) is 1. The summed E-state index contributed by atoms with van der Waals surface area (Å²) in [5.41, 5.74) is -0.804. The van der Waals surface area contributed by atoms with E-state index in [9.17, 15) is 32.5 Å². The Kier molecular flexibility index (Phi) is 6.84. The number of carbonyl (C=O) groups excluding carboxylic acids is 2. The molecule has 0 aromatic heterocycles. The fourth-order valence-electron chi connectivity index (χ4n) is 3.10. The van der Waals surface area contributed by atoms with Crippen molar-refractivity contribution in [1.82, 2.24) is 4.31 Å². The van der Waals surface area contributed by atoms with Crippen LogP contribution in [-0.2, 0) is 19.6 Å². The number of nitrogens with zero attached hydrogens (tertiary/aromatic N) is 2. The van der Waals surface area contributed by atoms with Gasteiger partial charge < -0.3 is 10.1 Å². The number of carbonyl (C=O) groups is 2. The zero-order chi connectivity index (χ0) is 23.5. The molecule has 0 bridgehead atoms. The average Bonchev–Trinajstić information content (AvgIpc) is 3.30. The summed E-state index contributed by atoms with van der Waals surface area (Å²) in [6.07, 6.45) is 0.323. The summed E-state index contributed by atoms with van der Waals surface area (Å²) in [4.78, 5) is 34.5. The van der Waals surface area contributed by atoms with E-state index < -0.39 is 44.4 Å². The van der Waals surface area contributed by atoms with Gasteiger partial charge in [0.05, 0.1) is 15.4 Å². The second-order valence-corrected chi connectivity index (χ2v) is 9.03. The summed E-state index contributed by atoms with van der Waals surface area (Å²) in [5, 5.41) is 13.1. The molecule has 10 nitrogen and oxygen atoms in total. The monoisotopic (exact) mass is 465 g/mol. The van der Waals surface area contributed by atoms with Crippen molar-refractivity contribution in [3.63, 3.8) is 0 Å². The molecule has 2 aromatic rings. The number of hydrogen-bond acceptors (Lipinski definition) is 7. The number of nitro groups is 1. The molecular formula is C20H20FN3O7S. The number of halogens is 1. The van der Waals surface area contributed by atoms with Gasteiger partial charge in [-0.1, -0.05) is 0 Å². The van der Waals surface area contributed by atoms with Gasteiger partial charge >= 0.3 is 11.7 Å². The van der Waals surface area contributed by atoms with Crippen LogP contribution in [0.2, 0.25) is 0 Å². The maximum Gasteiger partial charge on any atom is 0.338 e. The molecule has 2 aromatic carbocycles. The first-order valence-electron chi connectivity index (χ1n) is 9.65. The van der Waals surface area contributed by atoms with Crippen molar-refractivity contribution < 1.29 is 32.1 Å². The number of esters is 1. The predicted octanol–water partition coefficient (Wildman–Crippen LogP) is 2.70. The number of rotatable bonds is 7. The fraction of sp³-hybridized carbons (Fsp3) is 0.300. The highest BCUT2D eigenvalue weighted by atomic mass is 32.2. The molecule has 1 aliphatic rings. The molecule has 170 valence electrons. The molecule has 32 heavy (non-hydrogen) atoms. The van der Waals surface area contributed by atoms with Gasteiger partial charge in [0, 0.05) is 24.8 Å². The van der Waals surface area contributed by atoms with Crippen molar-refractivity contribution in [3.8, 4) is 0 Å². The van der Waals surface area contributed by atoms with E-state index in [1.165, 1.54) is 35.5 Å². The maximum absolute atomic E-state index is 13.4. The van der Waals surface area contributed by atoms with E-state index >= 15 is 0 Å². The number of ether oxygens (including phenoxy) is 1. The van der Waals surface area contributed by atoms with Crippen LogP contribution in [0.25, 0.3) is 0 Å². The molecule has 1 N–H and O–H groups in total. The van der Waals surface area contributed by atoms with E-state index in [2.05, 4.69) is 5.32 Å². The molecule has 1 amide bonds. The van der Waals surface area contributed by atoms with Gasteiger partial charge in [0.2, 0.25) is 15.8 Å². The van der Waals surface area contributed by atoms with E-state index in [1.54, 1.807) is 0 Å². The third kappa shape index (κ3) is 5.08. The summed E-state index contributed by atoms with van der Waals surface area (Å²) in [6, 6.07) is 8.00. The molecule has 3 rings (SSSR count). The lowest BCUT2D eigenvalue weighted by Gasteiger charge is -2.16. The van der Waals surface area contributed by atoms with E-state index in [-0.39, 0.29) is 16.1 Å². The molecule has 1 fully saturated rings. The van der Waals surface area contributed by atoms with E-state index in [0.717, 1.165) is 31.0 Å². The summed E-state index contributed by atoms with van der Waals surface area (Å²) in [6.45, 7) is 2.20. The van der Waals surface area contributed by atoms with E-state index in [4.69, 9.17) is 4.74 Å². The molecule has 1 aliphatic heterocycles. The van der Waals surface area contributed by atoms with Gasteiger partial charge in [-0.15, -0.1) is 0 Å². The summed E-state index contributed by atoms with van der Waals surface area (Å²) in [7, 11) is -3.62. The molecule has 12 heteroatoms. The van der Waals surface area contributed by atoms with Crippen LogP contribution in [0.3, 0.4) is 0 Å². The third-order valence-electron chi connectivity index (χ3n) is 4.86. The fourth-order valence-corrected chi connectivity index (χ4v) is 4.61. The van der Waals surface area contributed by atoms with Crippen LogP contribution in [0.5, 0.6) is 0 Å². The lowest BCUT2D eigenvalue weighted by Crippen LogP contribution is -2.30. The molecule has 0 spiro atoms. The van der Waals surface area contributed by atoms with Crippen LogP contribution >= 0.6 is 0 Å². The van der Waals surface area contributed by atoms with Gasteiger partial charge in [-0.25, -0.2) is 13.2 Å². The predicted molar refractivity (Wildman–Crippen MR) is 111 cm³/mol. The second kappa shape index (κ2) is 9.40. The summed E-state index contributed by atoms with van der Waals surface area (Å²) < 4.78 is 44.9. The van der Waals surface area contributed by atoms with Crippen molar-refractivity contribution in [2.45, 2.75) is 30.8 Å². The Balaban J connectivity index is 1.63. The molecule has 1 unspecified atom stereocenters. The molecule has 0 saturated carbocycles. The van der Waals surface area contributed by atoms with Crippen LogP contribution in [0.1, 0.15) is 30.1 Å². The minimum absolute atomic E-state index is 0.0394. The minimum Gasteiger partial charge on any atom is -0.449 e. The summed E-state index contributed by atoms with van der Waals surface area (Å²) >= 11 is 0. The Morgan fingerprint density at radius 2 is 1.78 bits per heavy atom. The van der Waals surface area contributed by atoms with Crippen molar-refractivity contribution in [2.75, 3.05) is 18.4 Å². The van der Waals surface area contributed by atoms with Crippen LogP contribution in [-0.4, -0.2) is 48.7 Å². The smallest absolute Gasteiger partial charge is 0.338 e. The van der Waals surface area contributed by atoms with Gasteiger partial charge in [-0.2, -0.15) is 8.70 Å². The molecular weight excluding hydrogens is 445 g/mol. The van der Waals surface area contributed by atoms with Crippen molar-refractivity contribution in [2.24, 2.45) is 0 Å². The Morgan fingerprint density at radius 3 is 2.38 bits per heavy atom. The Hall–Kier alpha value is -3.38. The van der Waals surface area contributed by atoms with Crippen LogP contribution in [0.15, 0.2) is 47.4 Å². The molecule has 1 atom stereocenters. The van der Waals surface area contributed by atoms with Crippen LogP contribution < -0.4 is 5.32 Å². The lowest BCUT2D eigenvalue weighted by atomic mass is 10.2. The second-order valence-electron chi connectivity index (χ2n) is 7.10. The first kappa shape index (κ1) is 23.3. The van der Waals surface area contributed by atoms with E-state index in [1.807, 2.05) is 0 Å². The molecule has 1 saturated heterocycles. The Morgan fingerprint density at radius 1 is 1.16 bits per heavy atom. The number of sulfonamides is 1. The number of amides is 1. The van der Waals surface area contributed by atoms with E-state index in [0.29, 0.717) is 13.1 Å². The van der Waals surface area contributed by atoms with Crippen LogP contribution in [0, 0.1) is 15.9 Å². The number of anilines is 1. The highest BCUT2D eigenvalue weighted by Crippen LogP contribution is 2.23. The van der Waals surface area contributed by atoms with Gasteiger partial charge in [-0.3, -0.25) is 14.9 Å². The minimum atomic E-state index is -3.62.